The minimum Gasteiger partial charge on any atom is -0.365 e. The van der Waals surface area contributed by atoms with Crippen molar-refractivity contribution in [1.82, 2.24) is 4.90 Å². The first kappa shape index (κ1) is 17.7. The van der Waals surface area contributed by atoms with Gasteiger partial charge in [0, 0.05) is 37.1 Å². The zero-order valence-corrected chi connectivity index (χ0v) is 16.4. The fraction of sp³-hybridized carbons (Fsp3) is 0.381. The summed E-state index contributed by atoms with van der Waals surface area (Å²) >= 11 is 5.66. The van der Waals surface area contributed by atoms with Crippen LogP contribution in [0.25, 0.3) is 0 Å². The first-order valence-corrected chi connectivity index (χ1v) is 9.31. The number of nitrogens with zero attached hydrogens (tertiary/aromatic N) is 2. The number of hydrogen-bond acceptors (Lipinski definition) is 2. The van der Waals surface area contributed by atoms with Crippen molar-refractivity contribution < 1.29 is 0 Å². The molecule has 3 rings (SSSR count). The van der Waals surface area contributed by atoms with Gasteiger partial charge in [0.1, 0.15) is 0 Å². The topological polar surface area (TPSA) is 18.5 Å². The number of rotatable bonds is 2. The molecule has 3 nitrogen and oxygen atoms in total. The molecule has 1 aliphatic rings. The molecule has 0 spiro atoms. The maximum Gasteiger partial charge on any atom is 0.173 e. The van der Waals surface area contributed by atoms with Crippen LogP contribution >= 0.6 is 12.2 Å². The van der Waals surface area contributed by atoms with Gasteiger partial charge in [-0.1, -0.05) is 23.8 Å². The van der Waals surface area contributed by atoms with Gasteiger partial charge in [-0.15, -0.1) is 0 Å². The highest BCUT2D eigenvalue weighted by Crippen LogP contribution is 2.22. The lowest BCUT2D eigenvalue weighted by molar-refractivity contribution is 0.342. The van der Waals surface area contributed by atoms with Crippen LogP contribution in [0.4, 0.5) is 11.4 Å². The molecule has 0 amide bonds. The van der Waals surface area contributed by atoms with Gasteiger partial charge in [-0.05, 0) is 75.3 Å². The molecule has 1 unspecified atom stereocenters. The van der Waals surface area contributed by atoms with E-state index in [0.717, 1.165) is 30.4 Å². The van der Waals surface area contributed by atoms with Crippen molar-refractivity contribution in [2.75, 3.05) is 29.9 Å². The predicted octanol–water partition coefficient (Wildman–Crippen LogP) is 4.52. The molecule has 0 aromatic heterocycles. The lowest BCUT2D eigenvalue weighted by Crippen LogP contribution is -2.54. The van der Waals surface area contributed by atoms with Crippen LogP contribution in [0.15, 0.2) is 42.5 Å². The summed E-state index contributed by atoms with van der Waals surface area (Å²) in [5, 5.41) is 4.23. The minimum atomic E-state index is 0.426. The van der Waals surface area contributed by atoms with Gasteiger partial charge in [0.25, 0.3) is 0 Å². The molecule has 0 bridgehead atoms. The maximum atomic E-state index is 5.66. The zero-order valence-electron chi connectivity index (χ0n) is 15.5. The summed E-state index contributed by atoms with van der Waals surface area (Å²) in [4.78, 5) is 4.75. The average molecular weight is 354 g/mol. The Kier molecular flexibility index (Phi) is 5.28. The fourth-order valence-corrected chi connectivity index (χ4v) is 3.79. The third-order valence-electron chi connectivity index (χ3n) is 4.75. The highest BCUT2D eigenvalue weighted by molar-refractivity contribution is 7.80. The summed E-state index contributed by atoms with van der Waals surface area (Å²) < 4.78 is 0. The fourth-order valence-electron chi connectivity index (χ4n) is 3.51. The van der Waals surface area contributed by atoms with Gasteiger partial charge in [-0.25, -0.2) is 0 Å². The van der Waals surface area contributed by atoms with Crippen molar-refractivity contribution in [2.24, 2.45) is 0 Å². The maximum absolute atomic E-state index is 5.66. The molecule has 1 heterocycles. The molecule has 1 atom stereocenters. The Bertz CT molecular complexity index is 734. The lowest BCUT2D eigenvalue weighted by atomic mass is 10.1. The Morgan fingerprint density at radius 1 is 0.960 bits per heavy atom. The Morgan fingerprint density at radius 2 is 1.60 bits per heavy atom. The summed E-state index contributed by atoms with van der Waals surface area (Å²) in [5.41, 5.74) is 6.18. The molecule has 0 radical (unpaired) electrons. The van der Waals surface area contributed by atoms with E-state index < -0.39 is 0 Å². The monoisotopic (exact) mass is 353 g/mol. The van der Waals surface area contributed by atoms with Gasteiger partial charge < -0.3 is 15.1 Å². The van der Waals surface area contributed by atoms with Gasteiger partial charge in [-0.2, -0.15) is 0 Å². The molecule has 0 aliphatic carbocycles. The number of piperazine rings is 1. The van der Waals surface area contributed by atoms with Crippen LogP contribution in [0.5, 0.6) is 0 Å². The first-order chi connectivity index (χ1) is 11.9. The molecule has 1 N–H and O–H groups in total. The summed E-state index contributed by atoms with van der Waals surface area (Å²) in [6.07, 6.45) is 0. The SMILES string of the molecule is Cc1ccc(N2CCN(C(=S)Nc3cc(C)cc(C)c3)CC2C)cc1. The van der Waals surface area contributed by atoms with Crippen LogP contribution in [0, 0.1) is 20.8 Å². The number of hydrogen-bond donors (Lipinski definition) is 1. The second kappa shape index (κ2) is 7.44. The molecule has 1 saturated heterocycles. The van der Waals surface area contributed by atoms with Crippen LogP contribution in [-0.4, -0.2) is 35.7 Å². The Balaban J connectivity index is 1.63. The standard InChI is InChI=1S/C21H27N3S/c1-15-5-7-20(8-6-15)24-10-9-23(14-18(24)4)21(25)22-19-12-16(2)11-17(3)13-19/h5-8,11-13,18H,9-10,14H2,1-4H3,(H,22,25). The summed E-state index contributed by atoms with van der Waals surface area (Å²) in [6, 6.07) is 15.7. The molecule has 2 aromatic rings. The largest absolute Gasteiger partial charge is 0.365 e. The molecule has 0 saturated carbocycles. The van der Waals surface area contributed by atoms with E-state index in [1.54, 1.807) is 0 Å². The van der Waals surface area contributed by atoms with Crippen molar-refractivity contribution >= 4 is 28.7 Å². The third-order valence-corrected chi connectivity index (χ3v) is 5.11. The van der Waals surface area contributed by atoms with Crippen LogP contribution < -0.4 is 10.2 Å². The third kappa shape index (κ3) is 4.31. The predicted molar refractivity (Wildman–Crippen MR) is 112 cm³/mol. The van der Waals surface area contributed by atoms with Gasteiger partial charge in [0.2, 0.25) is 0 Å². The van der Waals surface area contributed by atoms with E-state index in [-0.39, 0.29) is 0 Å². The second-order valence-corrected chi connectivity index (χ2v) is 7.52. The van der Waals surface area contributed by atoms with Gasteiger partial charge >= 0.3 is 0 Å². The second-order valence-electron chi connectivity index (χ2n) is 7.13. The summed E-state index contributed by atoms with van der Waals surface area (Å²) in [7, 11) is 0. The van der Waals surface area contributed by atoms with Crippen molar-refractivity contribution in [1.29, 1.82) is 0 Å². The van der Waals surface area contributed by atoms with Gasteiger partial charge in [0.05, 0.1) is 0 Å². The van der Waals surface area contributed by atoms with Crippen LogP contribution in [0.3, 0.4) is 0 Å². The van der Waals surface area contributed by atoms with Crippen LogP contribution in [0.1, 0.15) is 23.6 Å². The molecular weight excluding hydrogens is 326 g/mol. The first-order valence-electron chi connectivity index (χ1n) is 8.90. The van der Waals surface area contributed by atoms with E-state index in [1.807, 2.05) is 0 Å². The molecule has 2 aromatic carbocycles. The van der Waals surface area contributed by atoms with Crippen molar-refractivity contribution in [3.05, 3.63) is 59.2 Å². The van der Waals surface area contributed by atoms with Gasteiger partial charge in [0.15, 0.2) is 5.11 Å². The van der Waals surface area contributed by atoms with E-state index >= 15 is 0 Å². The molecule has 25 heavy (non-hydrogen) atoms. The lowest BCUT2D eigenvalue weighted by Gasteiger charge is -2.42. The van der Waals surface area contributed by atoms with Crippen LogP contribution in [0.2, 0.25) is 0 Å². The number of nitrogens with one attached hydrogen (secondary N) is 1. The van der Waals surface area contributed by atoms with Gasteiger partial charge in [-0.3, -0.25) is 0 Å². The highest BCUT2D eigenvalue weighted by Gasteiger charge is 2.25. The smallest absolute Gasteiger partial charge is 0.173 e. The zero-order chi connectivity index (χ0) is 18.0. The highest BCUT2D eigenvalue weighted by atomic mass is 32.1. The molecular formula is C21H27N3S. The average Bonchev–Trinajstić information content (AvgIpc) is 2.55. The van der Waals surface area contributed by atoms with E-state index in [1.165, 1.54) is 22.4 Å². The Labute approximate surface area is 156 Å². The minimum absolute atomic E-state index is 0.426. The van der Waals surface area contributed by atoms with E-state index in [0.29, 0.717) is 6.04 Å². The Hall–Kier alpha value is -2.07. The molecule has 1 aliphatic heterocycles. The number of thiocarbonyl (C=S) groups is 1. The summed E-state index contributed by atoms with van der Waals surface area (Å²) in [6.45, 7) is 11.5. The van der Waals surface area contributed by atoms with E-state index in [4.69, 9.17) is 12.2 Å². The van der Waals surface area contributed by atoms with Crippen molar-refractivity contribution in [3.63, 3.8) is 0 Å². The number of benzene rings is 2. The molecule has 132 valence electrons. The van der Waals surface area contributed by atoms with E-state index in [2.05, 4.69) is 85.3 Å². The normalized spacial score (nSPS) is 17.5. The van der Waals surface area contributed by atoms with Crippen LogP contribution in [-0.2, 0) is 0 Å². The summed E-state index contributed by atoms with van der Waals surface area (Å²) in [5.74, 6) is 0. The molecule has 4 heteroatoms. The number of aryl methyl sites for hydroxylation is 3. The molecule has 1 fully saturated rings. The number of anilines is 2. The Morgan fingerprint density at radius 3 is 2.20 bits per heavy atom. The van der Waals surface area contributed by atoms with Crippen molar-refractivity contribution in [3.8, 4) is 0 Å². The quantitative estimate of drug-likeness (QED) is 0.800. The van der Waals surface area contributed by atoms with Crippen molar-refractivity contribution in [2.45, 2.75) is 33.7 Å². The van der Waals surface area contributed by atoms with E-state index in [9.17, 15) is 0 Å².